The summed E-state index contributed by atoms with van der Waals surface area (Å²) in [6, 6.07) is 9.54. The number of rotatable bonds is 5. The van der Waals surface area contributed by atoms with E-state index in [4.69, 9.17) is 17.0 Å². The van der Waals surface area contributed by atoms with Gasteiger partial charge in [-0.3, -0.25) is 4.90 Å². The predicted molar refractivity (Wildman–Crippen MR) is 109 cm³/mol. The van der Waals surface area contributed by atoms with Crippen molar-refractivity contribution in [2.75, 3.05) is 37.7 Å². The van der Waals surface area contributed by atoms with Gasteiger partial charge in [-0.25, -0.2) is 9.78 Å². The van der Waals surface area contributed by atoms with Gasteiger partial charge in [0.15, 0.2) is 0 Å². The van der Waals surface area contributed by atoms with E-state index in [1.807, 2.05) is 29.7 Å². The Morgan fingerprint density at radius 2 is 2.07 bits per heavy atom. The third kappa shape index (κ3) is 4.21. The second kappa shape index (κ2) is 8.95. The maximum atomic E-state index is 12.3. The van der Waals surface area contributed by atoms with E-state index in [1.54, 1.807) is 13.1 Å². The Morgan fingerprint density at radius 3 is 2.68 bits per heavy atom. The molecule has 1 fully saturated rings. The molecule has 146 valence electrons. The number of piperazine rings is 1. The maximum absolute atomic E-state index is 12.3. The molecular weight excluding hydrogens is 374 g/mol. The van der Waals surface area contributed by atoms with Crippen molar-refractivity contribution in [3.05, 3.63) is 51.9 Å². The molecule has 7 nitrogen and oxygen atoms in total. The summed E-state index contributed by atoms with van der Waals surface area (Å²) in [6.45, 7) is 7.79. The summed E-state index contributed by atoms with van der Waals surface area (Å²) in [5, 5.41) is 9.43. The molecule has 0 atom stereocenters. The summed E-state index contributed by atoms with van der Waals surface area (Å²) in [5.41, 5.74) is 1.42. The van der Waals surface area contributed by atoms with Crippen molar-refractivity contribution < 1.29 is 9.53 Å². The van der Waals surface area contributed by atoms with Gasteiger partial charge in [0.25, 0.3) is 0 Å². The average molecular weight is 398 g/mol. The van der Waals surface area contributed by atoms with Gasteiger partial charge in [0.1, 0.15) is 16.5 Å². The van der Waals surface area contributed by atoms with Crippen LogP contribution in [-0.4, -0.2) is 53.2 Å². The van der Waals surface area contributed by atoms with Gasteiger partial charge in [0, 0.05) is 38.1 Å². The third-order valence-electron chi connectivity index (χ3n) is 4.86. The van der Waals surface area contributed by atoms with E-state index in [9.17, 15) is 10.1 Å². The van der Waals surface area contributed by atoms with Crippen LogP contribution in [0.4, 0.5) is 5.82 Å². The Labute approximate surface area is 169 Å². The summed E-state index contributed by atoms with van der Waals surface area (Å²) in [4.78, 5) is 21.2. The zero-order chi connectivity index (χ0) is 20.1. The van der Waals surface area contributed by atoms with E-state index >= 15 is 0 Å². The van der Waals surface area contributed by atoms with Gasteiger partial charge in [-0.2, -0.15) is 5.26 Å². The Balaban J connectivity index is 1.79. The van der Waals surface area contributed by atoms with Gasteiger partial charge in [0.05, 0.1) is 24.4 Å². The van der Waals surface area contributed by atoms with Crippen LogP contribution in [0, 0.1) is 22.9 Å². The molecule has 0 aliphatic carbocycles. The number of hydrogen-bond donors (Lipinski definition) is 0. The second-order valence-electron chi connectivity index (χ2n) is 6.56. The first-order valence-corrected chi connectivity index (χ1v) is 9.66. The van der Waals surface area contributed by atoms with Crippen molar-refractivity contribution in [2.45, 2.75) is 20.5 Å². The van der Waals surface area contributed by atoms with Crippen LogP contribution in [0.5, 0.6) is 0 Å². The van der Waals surface area contributed by atoms with E-state index in [0.29, 0.717) is 22.4 Å². The molecule has 28 heavy (non-hydrogen) atoms. The van der Waals surface area contributed by atoms with Crippen molar-refractivity contribution in [3.63, 3.8) is 0 Å². The van der Waals surface area contributed by atoms with Crippen molar-refractivity contribution in [1.29, 1.82) is 5.26 Å². The summed E-state index contributed by atoms with van der Waals surface area (Å²) < 4.78 is 7.44. The number of carbonyl (C=O) groups excluding carboxylic acids is 1. The van der Waals surface area contributed by atoms with Crippen LogP contribution in [0.25, 0.3) is 0 Å². The lowest BCUT2D eigenvalue weighted by atomic mass is 10.1. The third-order valence-corrected chi connectivity index (χ3v) is 5.30. The average Bonchev–Trinajstić information content (AvgIpc) is 2.72. The molecule has 0 spiro atoms. The molecule has 1 saturated heterocycles. The van der Waals surface area contributed by atoms with Gasteiger partial charge in [-0.05, 0) is 32.0 Å². The minimum absolute atomic E-state index is 0.283. The fraction of sp³-hybridized carbons (Fsp3) is 0.400. The first-order valence-electron chi connectivity index (χ1n) is 9.25. The van der Waals surface area contributed by atoms with Crippen LogP contribution in [0.15, 0.2) is 30.5 Å². The highest BCUT2D eigenvalue weighted by atomic mass is 32.1. The number of anilines is 1. The molecule has 0 saturated carbocycles. The van der Waals surface area contributed by atoms with Gasteiger partial charge >= 0.3 is 5.97 Å². The molecular formula is C20H23N5O2S. The Morgan fingerprint density at radius 1 is 1.32 bits per heavy atom. The van der Waals surface area contributed by atoms with E-state index in [-0.39, 0.29) is 6.61 Å². The van der Waals surface area contributed by atoms with Gasteiger partial charge < -0.3 is 14.2 Å². The molecule has 1 aliphatic heterocycles. The zero-order valence-electron chi connectivity index (χ0n) is 16.1. The molecule has 0 N–H and O–H groups in total. The van der Waals surface area contributed by atoms with Crippen molar-refractivity contribution in [1.82, 2.24) is 14.5 Å². The highest BCUT2D eigenvalue weighted by Gasteiger charge is 2.21. The van der Waals surface area contributed by atoms with Gasteiger partial charge in [-0.15, -0.1) is 0 Å². The number of pyridine rings is 2. The molecule has 8 heteroatoms. The Hall–Kier alpha value is -2.76. The number of hydrogen-bond acceptors (Lipinski definition) is 7. The Kier molecular flexibility index (Phi) is 6.39. The van der Waals surface area contributed by atoms with Crippen LogP contribution < -0.4 is 4.90 Å². The van der Waals surface area contributed by atoms with Crippen LogP contribution in [0.3, 0.4) is 0 Å². The van der Waals surface area contributed by atoms with Crippen LogP contribution in [-0.2, 0) is 11.4 Å². The summed E-state index contributed by atoms with van der Waals surface area (Å²) in [6.07, 6.45) is 1.80. The normalized spacial score (nSPS) is 14.5. The number of nitrogens with zero attached hydrogens (tertiary/aromatic N) is 5. The lowest BCUT2D eigenvalue weighted by Crippen LogP contribution is -2.47. The number of nitriles is 1. The predicted octanol–water partition coefficient (Wildman–Crippen LogP) is 2.75. The quantitative estimate of drug-likeness (QED) is 0.567. The first-order chi connectivity index (χ1) is 13.5. The van der Waals surface area contributed by atoms with Crippen LogP contribution >= 0.6 is 12.2 Å². The van der Waals surface area contributed by atoms with E-state index in [0.717, 1.165) is 37.7 Å². The molecule has 3 heterocycles. The highest BCUT2D eigenvalue weighted by molar-refractivity contribution is 7.71. The minimum Gasteiger partial charge on any atom is -0.462 e. The maximum Gasteiger partial charge on any atom is 0.339 e. The largest absolute Gasteiger partial charge is 0.462 e. The highest BCUT2D eigenvalue weighted by Crippen LogP contribution is 2.18. The minimum atomic E-state index is -0.430. The number of carbonyl (C=O) groups is 1. The standard InChI is InChI=1S/C20H23N5O2S/c1-3-27-20(26)17-12-16(13-21)19(28)25(15(17)2)14-23-8-10-24(11-9-23)18-6-4-5-7-22-18/h4-7,12H,3,8-11,14H2,1-2H3. The molecule has 0 unspecified atom stereocenters. The van der Waals surface area contributed by atoms with Gasteiger partial charge in [0.2, 0.25) is 0 Å². The molecule has 0 radical (unpaired) electrons. The molecule has 0 amide bonds. The molecule has 0 bridgehead atoms. The molecule has 3 rings (SSSR count). The lowest BCUT2D eigenvalue weighted by molar-refractivity contribution is 0.0523. The second-order valence-corrected chi connectivity index (χ2v) is 6.94. The van der Waals surface area contributed by atoms with Crippen LogP contribution in [0.2, 0.25) is 0 Å². The fourth-order valence-electron chi connectivity index (χ4n) is 3.28. The van der Waals surface area contributed by atoms with E-state index in [2.05, 4.69) is 20.9 Å². The zero-order valence-corrected chi connectivity index (χ0v) is 16.9. The monoisotopic (exact) mass is 397 g/mol. The number of esters is 1. The van der Waals surface area contributed by atoms with Crippen LogP contribution in [0.1, 0.15) is 28.5 Å². The number of aromatic nitrogens is 2. The fourth-order valence-corrected chi connectivity index (χ4v) is 3.58. The van der Waals surface area contributed by atoms with Crippen molar-refractivity contribution >= 4 is 24.0 Å². The van der Waals surface area contributed by atoms with Crippen molar-refractivity contribution in [2.24, 2.45) is 0 Å². The smallest absolute Gasteiger partial charge is 0.339 e. The van der Waals surface area contributed by atoms with E-state index in [1.165, 1.54) is 6.07 Å². The summed E-state index contributed by atoms with van der Waals surface area (Å²) >= 11 is 5.50. The lowest BCUT2D eigenvalue weighted by Gasteiger charge is -2.36. The molecule has 2 aromatic rings. The number of ether oxygens (including phenoxy) is 1. The topological polar surface area (TPSA) is 74.4 Å². The van der Waals surface area contributed by atoms with Crippen molar-refractivity contribution in [3.8, 4) is 6.07 Å². The SMILES string of the molecule is CCOC(=O)c1cc(C#N)c(=S)n(CN2CCN(c3ccccn3)CC2)c1C. The molecule has 2 aromatic heterocycles. The Bertz CT molecular complexity index is 944. The van der Waals surface area contributed by atoms with Gasteiger partial charge in [-0.1, -0.05) is 18.3 Å². The first kappa shape index (κ1) is 20.0. The molecule has 0 aromatic carbocycles. The van der Waals surface area contributed by atoms with E-state index < -0.39 is 5.97 Å². The summed E-state index contributed by atoms with van der Waals surface area (Å²) in [5.74, 6) is 0.547. The molecule has 1 aliphatic rings. The summed E-state index contributed by atoms with van der Waals surface area (Å²) in [7, 11) is 0.